The zero-order valence-corrected chi connectivity index (χ0v) is 13.5. The van der Waals surface area contributed by atoms with Crippen LogP contribution in [0.2, 0.25) is 5.02 Å². The Labute approximate surface area is 126 Å². The van der Waals surface area contributed by atoms with Gasteiger partial charge in [0.05, 0.1) is 16.4 Å². The Morgan fingerprint density at radius 1 is 1.50 bits per heavy atom. The first kappa shape index (κ1) is 15.8. The largest absolute Gasteiger partial charge is 0.381 e. The van der Waals surface area contributed by atoms with Gasteiger partial charge in [0.15, 0.2) is 0 Å². The van der Waals surface area contributed by atoms with Gasteiger partial charge >= 0.3 is 0 Å². The number of hydrogen-bond donors (Lipinski definition) is 1. The lowest BCUT2D eigenvalue weighted by Gasteiger charge is -2.20. The van der Waals surface area contributed by atoms with Crippen LogP contribution in [0.25, 0.3) is 0 Å². The Hall–Kier alpha value is -0.580. The molecule has 1 aromatic rings. The third kappa shape index (κ3) is 3.54. The summed E-state index contributed by atoms with van der Waals surface area (Å²) in [7, 11) is 2.03. The highest BCUT2D eigenvalue weighted by Gasteiger charge is 2.23. The molecule has 1 aliphatic rings. The van der Waals surface area contributed by atoms with Crippen LogP contribution in [-0.4, -0.2) is 36.1 Å². The summed E-state index contributed by atoms with van der Waals surface area (Å²) in [4.78, 5) is 0. The van der Waals surface area contributed by atoms with Gasteiger partial charge in [0.2, 0.25) is 0 Å². The number of nitrogens with zero attached hydrogens (tertiary/aromatic N) is 2. The molecule has 0 aromatic carbocycles. The van der Waals surface area contributed by atoms with Crippen molar-refractivity contribution in [3.05, 3.63) is 16.4 Å². The molecule has 1 N–H and O–H groups in total. The lowest BCUT2D eigenvalue weighted by atomic mass is 9.96. The van der Waals surface area contributed by atoms with Gasteiger partial charge in [0, 0.05) is 32.2 Å². The van der Waals surface area contributed by atoms with E-state index in [0.29, 0.717) is 12.0 Å². The van der Waals surface area contributed by atoms with E-state index in [0.717, 1.165) is 49.7 Å². The molecular formula is C15H26ClN3O. The van der Waals surface area contributed by atoms with Crippen molar-refractivity contribution < 1.29 is 4.74 Å². The van der Waals surface area contributed by atoms with Gasteiger partial charge in [-0.1, -0.05) is 18.5 Å². The molecule has 0 saturated carbocycles. The summed E-state index contributed by atoms with van der Waals surface area (Å²) in [5.41, 5.74) is 2.19. The summed E-state index contributed by atoms with van der Waals surface area (Å²) in [6.45, 7) is 6.90. The van der Waals surface area contributed by atoms with E-state index in [1.165, 1.54) is 12.1 Å². The van der Waals surface area contributed by atoms with Gasteiger partial charge in [0.1, 0.15) is 0 Å². The quantitative estimate of drug-likeness (QED) is 0.841. The normalized spacial score (nSPS) is 20.5. The third-order valence-corrected chi connectivity index (χ3v) is 4.62. The molecule has 2 heterocycles. The molecule has 1 fully saturated rings. The molecule has 0 spiro atoms. The molecule has 2 rings (SSSR count). The minimum atomic E-state index is 0.436. The predicted molar refractivity (Wildman–Crippen MR) is 82.4 cm³/mol. The van der Waals surface area contributed by atoms with Crippen molar-refractivity contribution >= 4 is 11.6 Å². The summed E-state index contributed by atoms with van der Waals surface area (Å²) < 4.78 is 7.52. The minimum absolute atomic E-state index is 0.436. The number of nitrogens with one attached hydrogen (secondary N) is 1. The van der Waals surface area contributed by atoms with Crippen LogP contribution >= 0.6 is 11.6 Å². The lowest BCUT2D eigenvalue weighted by Crippen LogP contribution is -2.31. The number of likely N-dealkylation sites (N-methyl/N-ethyl adjacent to an activating group) is 1. The fourth-order valence-electron chi connectivity index (χ4n) is 2.92. The van der Waals surface area contributed by atoms with E-state index in [4.69, 9.17) is 16.3 Å². The molecule has 1 saturated heterocycles. The number of halogens is 1. The van der Waals surface area contributed by atoms with Crippen LogP contribution in [0.5, 0.6) is 0 Å². The van der Waals surface area contributed by atoms with Gasteiger partial charge in [-0.2, -0.15) is 5.10 Å². The van der Waals surface area contributed by atoms with Crippen LogP contribution < -0.4 is 5.32 Å². The Balaban J connectivity index is 2.07. The van der Waals surface area contributed by atoms with Crippen LogP contribution in [0.3, 0.4) is 0 Å². The lowest BCUT2D eigenvalue weighted by molar-refractivity contribution is 0.181. The molecule has 0 bridgehead atoms. The van der Waals surface area contributed by atoms with Crippen LogP contribution in [0.1, 0.15) is 38.1 Å². The van der Waals surface area contributed by atoms with Crippen LogP contribution in [-0.2, 0) is 24.1 Å². The molecule has 114 valence electrons. The first-order chi connectivity index (χ1) is 9.69. The highest BCUT2D eigenvalue weighted by molar-refractivity contribution is 6.31. The van der Waals surface area contributed by atoms with E-state index in [9.17, 15) is 0 Å². The number of ether oxygens (including phenoxy) is 1. The van der Waals surface area contributed by atoms with Gasteiger partial charge in [0.25, 0.3) is 0 Å². The molecule has 4 nitrogen and oxygen atoms in total. The monoisotopic (exact) mass is 299 g/mol. The van der Waals surface area contributed by atoms with Crippen molar-refractivity contribution in [2.24, 2.45) is 5.92 Å². The maximum atomic E-state index is 6.49. The first-order valence-electron chi connectivity index (χ1n) is 7.68. The molecule has 0 radical (unpaired) electrons. The summed E-state index contributed by atoms with van der Waals surface area (Å²) in [5, 5.41) is 8.88. The van der Waals surface area contributed by atoms with Crippen molar-refractivity contribution in [3.63, 3.8) is 0 Å². The molecule has 1 aromatic heterocycles. The number of aromatic nitrogens is 2. The second-order valence-corrected chi connectivity index (χ2v) is 5.91. The first-order valence-corrected chi connectivity index (χ1v) is 8.06. The van der Waals surface area contributed by atoms with Crippen LogP contribution in [0.4, 0.5) is 0 Å². The fraction of sp³-hybridized carbons (Fsp3) is 0.800. The maximum Gasteiger partial charge on any atom is 0.0850 e. The topological polar surface area (TPSA) is 39.1 Å². The predicted octanol–water partition coefficient (Wildman–Crippen LogP) is 2.68. The molecule has 0 aliphatic carbocycles. The van der Waals surface area contributed by atoms with E-state index in [-0.39, 0.29) is 0 Å². The molecule has 1 aliphatic heterocycles. The SMILES string of the molecule is CCc1nn(CC)c(CC(CC2CCOC2)NC)c1Cl. The van der Waals surface area contributed by atoms with Gasteiger partial charge < -0.3 is 10.1 Å². The number of hydrogen-bond acceptors (Lipinski definition) is 3. The van der Waals surface area contributed by atoms with Crippen molar-refractivity contribution in [2.45, 2.75) is 52.1 Å². The van der Waals surface area contributed by atoms with Gasteiger partial charge in [-0.3, -0.25) is 4.68 Å². The Morgan fingerprint density at radius 3 is 2.85 bits per heavy atom. The summed E-state index contributed by atoms with van der Waals surface area (Å²) in [6, 6.07) is 0.436. The van der Waals surface area contributed by atoms with Crippen molar-refractivity contribution in [2.75, 3.05) is 20.3 Å². The Morgan fingerprint density at radius 2 is 2.30 bits per heavy atom. The fourth-order valence-corrected chi connectivity index (χ4v) is 3.27. The van der Waals surface area contributed by atoms with E-state index < -0.39 is 0 Å². The number of aryl methyl sites for hydroxylation is 2. The maximum absolute atomic E-state index is 6.49. The standard InChI is InChI=1S/C15H26ClN3O/c1-4-13-15(16)14(19(5-2)18-13)9-12(17-3)8-11-6-7-20-10-11/h11-12,17H,4-10H2,1-3H3. The van der Waals surface area contributed by atoms with Crippen LogP contribution in [0, 0.1) is 5.92 Å². The molecule has 2 unspecified atom stereocenters. The molecule has 2 atom stereocenters. The summed E-state index contributed by atoms with van der Waals surface area (Å²) >= 11 is 6.49. The van der Waals surface area contributed by atoms with Gasteiger partial charge in [-0.05, 0) is 39.2 Å². The smallest absolute Gasteiger partial charge is 0.0850 e. The second-order valence-electron chi connectivity index (χ2n) is 5.53. The third-order valence-electron chi connectivity index (χ3n) is 4.18. The van der Waals surface area contributed by atoms with Crippen molar-refractivity contribution in [1.29, 1.82) is 0 Å². The molecule has 5 heteroatoms. The average Bonchev–Trinajstić information content (AvgIpc) is 3.07. The average molecular weight is 300 g/mol. The molecule has 20 heavy (non-hydrogen) atoms. The van der Waals surface area contributed by atoms with E-state index >= 15 is 0 Å². The zero-order valence-electron chi connectivity index (χ0n) is 12.8. The van der Waals surface area contributed by atoms with Crippen molar-refractivity contribution in [3.8, 4) is 0 Å². The van der Waals surface area contributed by atoms with Gasteiger partial charge in [-0.25, -0.2) is 0 Å². The number of rotatable bonds is 7. The summed E-state index contributed by atoms with van der Waals surface area (Å²) in [6.07, 6.45) is 4.15. The Kier molecular flexibility index (Phi) is 5.87. The minimum Gasteiger partial charge on any atom is -0.381 e. The van der Waals surface area contributed by atoms with E-state index in [1.54, 1.807) is 0 Å². The summed E-state index contributed by atoms with van der Waals surface area (Å²) in [5.74, 6) is 0.676. The molecular weight excluding hydrogens is 274 g/mol. The zero-order chi connectivity index (χ0) is 14.5. The second kappa shape index (κ2) is 7.43. The van der Waals surface area contributed by atoms with Gasteiger partial charge in [-0.15, -0.1) is 0 Å². The van der Waals surface area contributed by atoms with Crippen molar-refractivity contribution in [1.82, 2.24) is 15.1 Å². The Bertz CT molecular complexity index is 427. The molecule has 0 amide bonds. The highest BCUT2D eigenvalue weighted by Crippen LogP contribution is 2.25. The van der Waals surface area contributed by atoms with E-state index in [1.807, 2.05) is 7.05 Å². The van der Waals surface area contributed by atoms with E-state index in [2.05, 4.69) is 28.9 Å². The highest BCUT2D eigenvalue weighted by atomic mass is 35.5. The van der Waals surface area contributed by atoms with Crippen LogP contribution in [0.15, 0.2) is 0 Å².